The molecule has 1 N–H and O–H groups in total. The van der Waals surface area contributed by atoms with Gasteiger partial charge in [0.05, 0.1) is 22.9 Å². The predicted molar refractivity (Wildman–Crippen MR) is 95.7 cm³/mol. The monoisotopic (exact) mass is 390 g/mol. The van der Waals surface area contributed by atoms with Crippen molar-refractivity contribution in [2.24, 2.45) is 0 Å². The second-order valence-electron chi connectivity index (χ2n) is 6.83. The third-order valence-electron chi connectivity index (χ3n) is 5.21. The number of methoxy groups -OCH3 is 1. The van der Waals surface area contributed by atoms with Crippen LogP contribution in [0.15, 0.2) is 42.5 Å². The largest absolute Gasteiger partial charge is 0.416 e. The van der Waals surface area contributed by atoms with E-state index >= 15 is 0 Å². The number of alkyl halides is 3. The maximum atomic E-state index is 13.0. The van der Waals surface area contributed by atoms with E-state index in [0.29, 0.717) is 29.8 Å². The molecular weight excluding hydrogens is 373 g/mol. The summed E-state index contributed by atoms with van der Waals surface area (Å²) in [6.07, 6.45) is -4.30. The lowest BCUT2D eigenvalue weighted by atomic mass is 9.99. The van der Waals surface area contributed by atoms with Crippen molar-refractivity contribution in [2.75, 3.05) is 19.0 Å². The van der Waals surface area contributed by atoms with Crippen LogP contribution in [-0.2, 0) is 15.7 Å². The highest BCUT2D eigenvalue weighted by atomic mass is 19.4. The molecule has 5 nitrogen and oxygen atoms in total. The fourth-order valence-electron chi connectivity index (χ4n) is 3.80. The lowest BCUT2D eigenvalue weighted by Crippen LogP contribution is -2.46. The summed E-state index contributed by atoms with van der Waals surface area (Å²) in [5.41, 5.74) is 0.640. The van der Waals surface area contributed by atoms with E-state index in [9.17, 15) is 22.8 Å². The molecular formula is C20H17F3N2O3. The topological polar surface area (TPSA) is 58.6 Å². The zero-order valence-electron chi connectivity index (χ0n) is 14.9. The summed E-state index contributed by atoms with van der Waals surface area (Å²) < 4.78 is 44.4. The number of halogens is 3. The number of nitrogens with zero attached hydrogens (tertiary/aromatic N) is 1. The summed E-state index contributed by atoms with van der Waals surface area (Å²) in [6, 6.07) is 8.86. The molecule has 0 bridgehead atoms. The molecule has 2 aliphatic heterocycles. The van der Waals surface area contributed by atoms with Gasteiger partial charge in [0.2, 0.25) is 5.91 Å². The van der Waals surface area contributed by atoms with Crippen LogP contribution in [-0.4, -0.2) is 42.5 Å². The van der Waals surface area contributed by atoms with Gasteiger partial charge in [0.25, 0.3) is 5.91 Å². The third kappa shape index (κ3) is 3.03. The Kier molecular flexibility index (Phi) is 4.38. The van der Waals surface area contributed by atoms with Gasteiger partial charge < -0.3 is 15.0 Å². The Hall–Kier alpha value is -2.87. The van der Waals surface area contributed by atoms with E-state index in [0.717, 1.165) is 12.1 Å². The number of fused-ring (bicyclic) bond motifs is 2. The van der Waals surface area contributed by atoms with E-state index in [2.05, 4.69) is 5.32 Å². The molecule has 2 aromatic carbocycles. The highest BCUT2D eigenvalue weighted by Crippen LogP contribution is 2.35. The average Bonchev–Trinajstić information content (AvgIpc) is 3.07. The second kappa shape index (κ2) is 6.63. The van der Waals surface area contributed by atoms with E-state index in [1.807, 2.05) is 0 Å². The number of hydrogen-bond donors (Lipinski definition) is 1. The highest BCUT2D eigenvalue weighted by molar-refractivity contribution is 6.11. The number of nitrogens with one attached hydrogen (secondary N) is 1. The molecule has 8 heteroatoms. The fraction of sp³-hybridized carbons (Fsp3) is 0.300. The standard InChI is InChI=1S/C20H17F3N2O3/c1-28-16-7-8-25-17(16)18(26)24-15-6-5-12(10-14(15)19(25)27)11-3-2-4-13(9-11)20(21,22)23/h2-6,9-10,16-17H,7-8H2,1H3,(H,24,26). The van der Waals surface area contributed by atoms with Crippen LogP contribution in [0.25, 0.3) is 11.1 Å². The van der Waals surface area contributed by atoms with Crippen molar-refractivity contribution < 1.29 is 27.5 Å². The van der Waals surface area contributed by atoms with E-state index in [1.165, 1.54) is 24.1 Å². The van der Waals surface area contributed by atoms with E-state index in [4.69, 9.17) is 4.74 Å². The number of benzene rings is 2. The van der Waals surface area contributed by atoms with E-state index < -0.39 is 17.8 Å². The fourth-order valence-corrected chi connectivity index (χ4v) is 3.80. The minimum atomic E-state index is -4.45. The minimum absolute atomic E-state index is 0.252. The molecule has 0 radical (unpaired) electrons. The van der Waals surface area contributed by atoms with Gasteiger partial charge in [-0.3, -0.25) is 9.59 Å². The number of amides is 2. The number of anilines is 1. The molecule has 4 rings (SSSR count). The van der Waals surface area contributed by atoms with Gasteiger partial charge in [0.1, 0.15) is 6.04 Å². The molecule has 0 saturated carbocycles. The zero-order chi connectivity index (χ0) is 20.1. The molecule has 28 heavy (non-hydrogen) atoms. The summed E-state index contributed by atoms with van der Waals surface area (Å²) in [7, 11) is 1.50. The van der Waals surface area contributed by atoms with Crippen molar-refractivity contribution in [1.29, 1.82) is 0 Å². The van der Waals surface area contributed by atoms with Crippen LogP contribution in [0.3, 0.4) is 0 Å². The highest BCUT2D eigenvalue weighted by Gasteiger charge is 2.45. The summed E-state index contributed by atoms with van der Waals surface area (Å²) in [4.78, 5) is 27.1. The Morgan fingerprint density at radius 2 is 1.86 bits per heavy atom. The van der Waals surface area contributed by atoms with Crippen LogP contribution in [0.5, 0.6) is 0 Å². The second-order valence-corrected chi connectivity index (χ2v) is 6.83. The van der Waals surface area contributed by atoms with Gasteiger partial charge in [-0.15, -0.1) is 0 Å². The number of carbonyl (C=O) groups excluding carboxylic acids is 2. The van der Waals surface area contributed by atoms with Gasteiger partial charge in [-0.05, 0) is 41.8 Å². The molecule has 0 aromatic heterocycles. The van der Waals surface area contributed by atoms with Gasteiger partial charge >= 0.3 is 6.18 Å². The molecule has 146 valence electrons. The summed E-state index contributed by atoms with van der Waals surface area (Å²) in [5.74, 6) is -0.671. The Bertz CT molecular complexity index is 958. The van der Waals surface area contributed by atoms with Gasteiger partial charge in [-0.2, -0.15) is 13.2 Å². The van der Waals surface area contributed by atoms with Crippen molar-refractivity contribution in [3.63, 3.8) is 0 Å². The van der Waals surface area contributed by atoms with E-state index in [-0.39, 0.29) is 23.5 Å². The van der Waals surface area contributed by atoms with Gasteiger partial charge in [-0.1, -0.05) is 18.2 Å². The van der Waals surface area contributed by atoms with Crippen molar-refractivity contribution in [2.45, 2.75) is 24.7 Å². The van der Waals surface area contributed by atoms with Crippen molar-refractivity contribution in [3.05, 3.63) is 53.6 Å². The van der Waals surface area contributed by atoms with Crippen LogP contribution in [0.2, 0.25) is 0 Å². The van der Waals surface area contributed by atoms with Crippen LogP contribution < -0.4 is 5.32 Å². The molecule has 2 heterocycles. The number of carbonyl (C=O) groups is 2. The zero-order valence-corrected chi connectivity index (χ0v) is 14.9. The number of ether oxygens (including phenoxy) is 1. The van der Waals surface area contributed by atoms with Crippen LogP contribution in [0.4, 0.5) is 18.9 Å². The van der Waals surface area contributed by atoms with Crippen molar-refractivity contribution in [3.8, 4) is 11.1 Å². The van der Waals surface area contributed by atoms with Gasteiger partial charge in [-0.25, -0.2) is 0 Å². The first-order valence-electron chi connectivity index (χ1n) is 8.76. The summed E-state index contributed by atoms with van der Waals surface area (Å²) in [6.45, 7) is 0.378. The van der Waals surface area contributed by atoms with Crippen molar-refractivity contribution in [1.82, 2.24) is 4.90 Å². The number of hydrogen-bond acceptors (Lipinski definition) is 3. The van der Waals surface area contributed by atoms with Crippen LogP contribution >= 0.6 is 0 Å². The SMILES string of the molecule is COC1CCN2C(=O)c3cc(-c4cccc(C(F)(F)F)c4)ccc3NC(=O)C12. The predicted octanol–water partition coefficient (Wildman–Crippen LogP) is 3.55. The molecule has 2 amide bonds. The van der Waals surface area contributed by atoms with Gasteiger partial charge in [0.15, 0.2) is 0 Å². The molecule has 2 atom stereocenters. The molecule has 2 aromatic rings. The lowest BCUT2D eigenvalue weighted by Gasteiger charge is -2.23. The third-order valence-corrected chi connectivity index (χ3v) is 5.21. The Morgan fingerprint density at radius 1 is 1.11 bits per heavy atom. The molecule has 2 unspecified atom stereocenters. The smallest absolute Gasteiger partial charge is 0.379 e. The Labute approximate surface area is 159 Å². The van der Waals surface area contributed by atoms with Gasteiger partial charge in [0, 0.05) is 13.7 Å². The molecule has 0 aliphatic carbocycles. The first-order chi connectivity index (χ1) is 13.3. The molecule has 2 aliphatic rings. The maximum Gasteiger partial charge on any atom is 0.416 e. The minimum Gasteiger partial charge on any atom is -0.379 e. The van der Waals surface area contributed by atoms with Crippen LogP contribution in [0, 0.1) is 0 Å². The summed E-state index contributed by atoms with van der Waals surface area (Å²) >= 11 is 0. The first-order valence-corrected chi connectivity index (χ1v) is 8.76. The Balaban J connectivity index is 1.75. The Morgan fingerprint density at radius 3 is 2.57 bits per heavy atom. The van der Waals surface area contributed by atoms with E-state index in [1.54, 1.807) is 18.2 Å². The normalized spacial score (nSPS) is 21.8. The number of rotatable bonds is 2. The first kappa shape index (κ1) is 18.5. The molecule has 1 saturated heterocycles. The summed E-state index contributed by atoms with van der Waals surface area (Å²) in [5, 5.41) is 2.74. The van der Waals surface area contributed by atoms with Crippen LogP contribution in [0.1, 0.15) is 22.3 Å². The molecule has 1 fully saturated rings. The maximum absolute atomic E-state index is 13.0. The average molecular weight is 390 g/mol. The quantitative estimate of drug-likeness (QED) is 0.853. The lowest BCUT2D eigenvalue weighted by molar-refractivity contribution is -0.137. The van der Waals surface area contributed by atoms with Crippen molar-refractivity contribution >= 4 is 17.5 Å². The molecule has 0 spiro atoms.